The van der Waals surface area contributed by atoms with Gasteiger partial charge in [-0.3, -0.25) is 0 Å². The molecule has 0 fully saturated rings. The van der Waals surface area contributed by atoms with Gasteiger partial charge in [0.2, 0.25) is 0 Å². The van der Waals surface area contributed by atoms with Crippen LogP contribution < -0.4 is 0 Å². The molecular weight excluding hydrogens is 202 g/mol. The molecule has 2 rings (SSSR count). The van der Waals surface area contributed by atoms with Gasteiger partial charge in [-0.2, -0.15) is 0 Å². The number of aliphatic hydroxyl groups is 1. The molecule has 1 aromatic heterocycles. The lowest BCUT2D eigenvalue weighted by molar-refractivity contribution is 0.223. The summed E-state index contributed by atoms with van der Waals surface area (Å²) < 4.78 is 0. The molecule has 4 heteroatoms. The molecule has 4 nitrogen and oxygen atoms in total. The average Bonchev–Trinajstić information content (AvgIpc) is 2.74. The molecule has 2 N–H and O–H groups in total. The highest BCUT2D eigenvalue weighted by atomic mass is 16.3. The van der Waals surface area contributed by atoms with Crippen LogP contribution in [0.15, 0.2) is 24.5 Å². The van der Waals surface area contributed by atoms with E-state index in [-0.39, 0.29) is 6.61 Å². The zero-order chi connectivity index (χ0) is 11.4. The summed E-state index contributed by atoms with van der Waals surface area (Å²) in [6, 6.07) is 6.28. The van der Waals surface area contributed by atoms with Crippen LogP contribution in [-0.4, -0.2) is 46.7 Å². The van der Waals surface area contributed by atoms with Gasteiger partial charge in [0.25, 0.3) is 0 Å². The van der Waals surface area contributed by atoms with E-state index in [0.29, 0.717) is 0 Å². The van der Waals surface area contributed by atoms with E-state index in [0.717, 1.165) is 30.5 Å². The maximum atomic E-state index is 8.79. The molecule has 0 amide bonds. The third-order valence-corrected chi connectivity index (χ3v) is 2.75. The molecule has 0 saturated carbocycles. The van der Waals surface area contributed by atoms with Crippen molar-refractivity contribution in [2.24, 2.45) is 0 Å². The lowest BCUT2D eigenvalue weighted by atomic mass is 10.1. The van der Waals surface area contributed by atoms with Crippen molar-refractivity contribution in [3.05, 3.63) is 30.1 Å². The van der Waals surface area contributed by atoms with E-state index in [2.05, 4.69) is 27.0 Å². The van der Waals surface area contributed by atoms with Crippen molar-refractivity contribution in [1.82, 2.24) is 14.9 Å². The van der Waals surface area contributed by atoms with Crippen molar-refractivity contribution in [1.29, 1.82) is 0 Å². The van der Waals surface area contributed by atoms with E-state index < -0.39 is 0 Å². The number of benzene rings is 1. The van der Waals surface area contributed by atoms with Crippen LogP contribution in [0.25, 0.3) is 11.0 Å². The Bertz CT molecular complexity index is 452. The number of hydrogen-bond donors (Lipinski definition) is 2. The number of imidazole rings is 1. The predicted molar refractivity (Wildman–Crippen MR) is 64.4 cm³/mol. The van der Waals surface area contributed by atoms with Crippen LogP contribution in [0.3, 0.4) is 0 Å². The molecule has 0 aliphatic rings. The van der Waals surface area contributed by atoms with Crippen molar-refractivity contribution in [3.63, 3.8) is 0 Å². The summed E-state index contributed by atoms with van der Waals surface area (Å²) in [6.45, 7) is 1.91. The van der Waals surface area contributed by atoms with E-state index in [1.54, 1.807) is 6.33 Å². The van der Waals surface area contributed by atoms with Crippen LogP contribution in [0.1, 0.15) is 5.56 Å². The van der Waals surface area contributed by atoms with Gasteiger partial charge in [0.1, 0.15) is 0 Å². The molecule has 0 aliphatic heterocycles. The van der Waals surface area contributed by atoms with Gasteiger partial charge in [0.15, 0.2) is 0 Å². The number of nitrogens with zero attached hydrogens (tertiary/aromatic N) is 2. The van der Waals surface area contributed by atoms with Crippen molar-refractivity contribution >= 4 is 11.0 Å². The number of aliphatic hydroxyl groups excluding tert-OH is 1. The third-order valence-electron chi connectivity index (χ3n) is 2.75. The first-order valence-corrected chi connectivity index (χ1v) is 5.51. The Morgan fingerprint density at radius 2 is 2.25 bits per heavy atom. The number of aromatic nitrogens is 2. The monoisotopic (exact) mass is 219 g/mol. The van der Waals surface area contributed by atoms with Crippen LogP contribution >= 0.6 is 0 Å². The second kappa shape index (κ2) is 5.09. The zero-order valence-corrected chi connectivity index (χ0v) is 9.48. The van der Waals surface area contributed by atoms with E-state index in [1.807, 2.05) is 13.1 Å². The summed E-state index contributed by atoms with van der Waals surface area (Å²) >= 11 is 0. The molecule has 0 radical (unpaired) electrons. The maximum Gasteiger partial charge on any atom is 0.0931 e. The highest BCUT2D eigenvalue weighted by Gasteiger charge is 2.01. The van der Waals surface area contributed by atoms with E-state index >= 15 is 0 Å². The Morgan fingerprint density at radius 1 is 1.38 bits per heavy atom. The Kier molecular flexibility index (Phi) is 3.54. The smallest absolute Gasteiger partial charge is 0.0931 e. The topological polar surface area (TPSA) is 52.1 Å². The number of likely N-dealkylation sites (N-methyl/N-ethyl adjacent to an activating group) is 1. The van der Waals surface area contributed by atoms with Gasteiger partial charge in [-0.15, -0.1) is 0 Å². The van der Waals surface area contributed by atoms with Gasteiger partial charge >= 0.3 is 0 Å². The van der Waals surface area contributed by atoms with Crippen molar-refractivity contribution in [2.75, 3.05) is 26.7 Å². The Hall–Kier alpha value is -1.39. The molecule has 16 heavy (non-hydrogen) atoms. The van der Waals surface area contributed by atoms with Crippen molar-refractivity contribution in [2.45, 2.75) is 6.42 Å². The molecule has 0 saturated heterocycles. The molecule has 0 atom stereocenters. The number of H-pyrrole nitrogens is 1. The SMILES string of the molecule is CN(CCO)CCc1ccc2nc[nH]c2c1. The summed E-state index contributed by atoms with van der Waals surface area (Å²) in [5.41, 5.74) is 3.39. The molecule has 1 aromatic carbocycles. The minimum absolute atomic E-state index is 0.218. The standard InChI is InChI=1S/C12H17N3O/c1-15(6-7-16)5-4-10-2-3-11-12(8-10)14-9-13-11/h2-3,8-9,16H,4-7H2,1H3,(H,13,14). The number of rotatable bonds is 5. The first-order valence-electron chi connectivity index (χ1n) is 5.51. The highest BCUT2D eigenvalue weighted by Crippen LogP contribution is 2.12. The summed E-state index contributed by atoms with van der Waals surface area (Å²) in [5.74, 6) is 0. The fourth-order valence-electron chi connectivity index (χ4n) is 1.74. The molecule has 0 aliphatic carbocycles. The highest BCUT2D eigenvalue weighted by molar-refractivity contribution is 5.74. The summed E-state index contributed by atoms with van der Waals surface area (Å²) in [6.07, 6.45) is 2.71. The van der Waals surface area contributed by atoms with Crippen LogP contribution in [0, 0.1) is 0 Å². The fraction of sp³-hybridized carbons (Fsp3) is 0.417. The molecule has 1 heterocycles. The van der Waals surface area contributed by atoms with Crippen LogP contribution in [0.5, 0.6) is 0 Å². The first kappa shape index (κ1) is 11.1. The average molecular weight is 219 g/mol. The second-order valence-electron chi connectivity index (χ2n) is 4.03. The zero-order valence-electron chi connectivity index (χ0n) is 9.48. The van der Waals surface area contributed by atoms with Gasteiger partial charge in [0, 0.05) is 13.1 Å². The molecular formula is C12H17N3O. The third kappa shape index (κ3) is 2.59. The van der Waals surface area contributed by atoms with Gasteiger partial charge in [0.05, 0.1) is 24.0 Å². The van der Waals surface area contributed by atoms with E-state index in [4.69, 9.17) is 5.11 Å². The summed E-state index contributed by atoms with van der Waals surface area (Å²) in [5, 5.41) is 8.79. The normalized spacial score (nSPS) is 11.4. The maximum absolute atomic E-state index is 8.79. The van der Waals surface area contributed by atoms with Crippen LogP contribution in [0.4, 0.5) is 0 Å². The predicted octanol–water partition coefficient (Wildman–Crippen LogP) is 1.03. The number of nitrogens with one attached hydrogen (secondary N) is 1. The summed E-state index contributed by atoms with van der Waals surface area (Å²) in [4.78, 5) is 9.42. The largest absolute Gasteiger partial charge is 0.395 e. The number of aromatic amines is 1. The second-order valence-corrected chi connectivity index (χ2v) is 4.03. The molecule has 0 unspecified atom stereocenters. The van der Waals surface area contributed by atoms with Crippen LogP contribution in [0.2, 0.25) is 0 Å². The lowest BCUT2D eigenvalue weighted by Gasteiger charge is -2.14. The Labute approximate surface area is 94.9 Å². The summed E-state index contributed by atoms with van der Waals surface area (Å²) in [7, 11) is 2.02. The minimum atomic E-state index is 0.218. The molecule has 2 aromatic rings. The van der Waals surface area contributed by atoms with Gasteiger partial charge in [-0.25, -0.2) is 4.98 Å². The molecule has 0 bridgehead atoms. The lowest BCUT2D eigenvalue weighted by Crippen LogP contribution is -2.24. The number of fused-ring (bicyclic) bond motifs is 1. The van der Waals surface area contributed by atoms with E-state index in [1.165, 1.54) is 5.56 Å². The Morgan fingerprint density at radius 3 is 3.06 bits per heavy atom. The Balaban J connectivity index is 1.98. The van der Waals surface area contributed by atoms with Gasteiger partial charge < -0.3 is 15.0 Å². The minimum Gasteiger partial charge on any atom is -0.395 e. The fourth-order valence-corrected chi connectivity index (χ4v) is 1.74. The van der Waals surface area contributed by atoms with E-state index in [9.17, 15) is 0 Å². The quantitative estimate of drug-likeness (QED) is 0.789. The van der Waals surface area contributed by atoms with Crippen molar-refractivity contribution < 1.29 is 5.11 Å². The van der Waals surface area contributed by atoms with Crippen molar-refractivity contribution in [3.8, 4) is 0 Å². The van der Waals surface area contributed by atoms with Gasteiger partial charge in [-0.05, 0) is 31.2 Å². The molecule has 86 valence electrons. The first-order chi connectivity index (χ1) is 7.79. The molecule has 0 spiro atoms. The van der Waals surface area contributed by atoms with Crippen LogP contribution in [-0.2, 0) is 6.42 Å². The number of hydrogen-bond acceptors (Lipinski definition) is 3. The van der Waals surface area contributed by atoms with Gasteiger partial charge in [-0.1, -0.05) is 6.07 Å².